The van der Waals surface area contributed by atoms with Gasteiger partial charge in [-0.3, -0.25) is 28.9 Å². The van der Waals surface area contributed by atoms with Crippen molar-refractivity contribution in [2.75, 3.05) is 18.1 Å². The second-order valence-electron chi connectivity index (χ2n) is 14.5. The lowest BCUT2D eigenvalue weighted by atomic mass is 9.81. The summed E-state index contributed by atoms with van der Waals surface area (Å²) in [6, 6.07) is 31.5. The van der Waals surface area contributed by atoms with Crippen LogP contribution in [-0.2, 0) is 36.8 Å². The highest BCUT2D eigenvalue weighted by Crippen LogP contribution is 2.42. The van der Waals surface area contributed by atoms with Crippen molar-refractivity contribution < 1.29 is 28.7 Å². The maximum Gasteiger partial charge on any atom is 0.263 e. The van der Waals surface area contributed by atoms with Gasteiger partial charge in [0.1, 0.15) is 18.0 Å². The third-order valence-electron chi connectivity index (χ3n) is 10.7. The summed E-state index contributed by atoms with van der Waals surface area (Å²) in [7, 11) is 0. The summed E-state index contributed by atoms with van der Waals surface area (Å²) in [6.07, 6.45) is 3.53. The van der Waals surface area contributed by atoms with Crippen LogP contribution >= 0.6 is 11.6 Å². The first-order chi connectivity index (χ1) is 26.5. The standard InChI is InChI=1S/C44H47ClN4O6/c1-30(50)38(47-43(54)44(23-9-10-24-44)25-26-46-31(2)51)27-32-17-21-36(22-18-32)48-41(34-11-5-3-6-12-34)49(40(52)29-55-37-13-7-4-8-14-37)39(42(48)53)28-33-15-19-35(45)20-16-33/h3-8,11-22,38-39,41H,9-10,23-29H2,1-2H3,(H,46,51)(H,47,54). The minimum absolute atomic E-state index is 0.141. The molecule has 0 radical (unpaired) electrons. The lowest BCUT2D eigenvalue weighted by Gasteiger charge is -2.32. The average molecular weight is 763 g/mol. The zero-order chi connectivity index (χ0) is 39.0. The van der Waals surface area contributed by atoms with Crippen LogP contribution in [0, 0.1) is 5.41 Å². The van der Waals surface area contributed by atoms with Crippen LogP contribution in [0.5, 0.6) is 5.75 Å². The highest BCUT2D eigenvalue weighted by atomic mass is 35.5. The Labute approximate surface area is 327 Å². The molecule has 1 aliphatic heterocycles. The second-order valence-corrected chi connectivity index (χ2v) is 14.9. The topological polar surface area (TPSA) is 125 Å². The molecule has 1 saturated heterocycles. The van der Waals surface area contributed by atoms with Crippen LogP contribution in [0.1, 0.15) is 68.8 Å². The molecule has 3 unspecified atom stereocenters. The zero-order valence-corrected chi connectivity index (χ0v) is 32.0. The third kappa shape index (κ3) is 9.43. The van der Waals surface area contributed by atoms with Crippen LogP contribution < -0.4 is 20.3 Å². The molecule has 11 heteroatoms. The van der Waals surface area contributed by atoms with Crippen molar-refractivity contribution in [1.29, 1.82) is 0 Å². The summed E-state index contributed by atoms with van der Waals surface area (Å²) in [6.45, 7) is 3.06. The quantitative estimate of drug-likeness (QED) is 0.141. The Morgan fingerprint density at radius 2 is 1.45 bits per heavy atom. The number of ether oxygens (including phenoxy) is 1. The minimum atomic E-state index is -0.844. The number of nitrogens with one attached hydrogen (secondary N) is 2. The number of carbonyl (C=O) groups is 5. The molecule has 55 heavy (non-hydrogen) atoms. The molecule has 2 N–H and O–H groups in total. The van der Waals surface area contributed by atoms with E-state index in [1.807, 2.05) is 84.9 Å². The van der Waals surface area contributed by atoms with Crippen molar-refractivity contribution in [2.24, 2.45) is 5.41 Å². The maximum absolute atomic E-state index is 14.6. The van der Waals surface area contributed by atoms with Gasteiger partial charge in [0, 0.05) is 30.6 Å². The number of amides is 4. The number of Topliss-reactive ketones (excluding diaryl/α,β-unsaturated/α-hetero) is 1. The van der Waals surface area contributed by atoms with Gasteiger partial charge >= 0.3 is 0 Å². The summed E-state index contributed by atoms with van der Waals surface area (Å²) < 4.78 is 5.91. The van der Waals surface area contributed by atoms with Crippen LogP contribution in [0.15, 0.2) is 109 Å². The van der Waals surface area contributed by atoms with E-state index in [2.05, 4.69) is 10.6 Å². The lowest BCUT2D eigenvalue weighted by Crippen LogP contribution is -2.49. The average Bonchev–Trinajstić information content (AvgIpc) is 3.78. The Bertz CT molecular complexity index is 1970. The highest BCUT2D eigenvalue weighted by molar-refractivity contribution is 6.30. The molecule has 1 heterocycles. The Kier molecular flexibility index (Phi) is 12.7. The molecule has 1 aliphatic carbocycles. The van der Waals surface area contributed by atoms with Gasteiger partial charge in [-0.2, -0.15) is 0 Å². The molecule has 6 rings (SSSR count). The van der Waals surface area contributed by atoms with Gasteiger partial charge in [0.25, 0.3) is 11.8 Å². The van der Waals surface area contributed by atoms with E-state index in [0.717, 1.165) is 29.5 Å². The number of anilines is 1. The number of benzene rings is 4. The fourth-order valence-electron chi connectivity index (χ4n) is 7.73. The van der Waals surface area contributed by atoms with Crippen molar-refractivity contribution in [3.05, 3.63) is 131 Å². The molecule has 286 valence electrons. The van der Waals surface area contributed by atoms with E-state index in [4.69, 9.17) is 16.3 Å². The Balaban J connectivity index is 1.27. The minimum Gasteiger partial charge on any atom is -0.484 e. The number of hydrogen-bond donors (Lipinski definition) is 2. The molecule has 4 amide bonds. The van der Waals surface area contributed by atoms with Crippen LogP contribution in [0.2, 0.25) is 5.02 Å². The predicted octanol–water partition coefficient (Wildman–Crippen LogP) is 6.61. The summed E-state index contributed by atoms with van der Waals surface area (Å²) in [5, 5.41) is 6.41. The Hall–Kier alpha value is -5.48. The summed E-state index contributed by atoms with van der Waals surface area (Å²) in [5.74, 6) is -0.516. The fourth-order valence-corrected chi connectivity index (χ4v) is 7.86. The van der Waals surface area contributed by atoms with Crippen molar-refractivity contribution in [3.8, 4) is 5.75 Å². The molecular formula is C44H47ClN4O6. The van der Waals surface area contributed by atoms with Gasteiger partial charge < -0.3 is 20.3 Å². The van der Waals surface area contributed by atoms with Crippen molar-refractivity contribution in [3.63, 3.8) is 0 Å². The van der Waals surface area contributed by atoms with Gasteiger partial charge in [0.15, 0.2) is 12.4 Å². The van der Waals surface area contributed by atoms with Crippen molar-refractivity contribution in [2.45, 2.75) is 77.0 Å². The van der Waals surface area contributed by atoms with E-state index >= 15 is 0 Å². The van der Waals surface area contributed by atoms with E-state index in [1.54, 1.807) is 34.1 Å². The number of hydrogen-bond acceptors (Lipinski definition) is 6. The van der Waals surface area contributed by atoms with E-state index in [-0.39, 0.29) is 48.9 Å². The van der Waals surface area contributed by atoms with Gasteiger partial charge in [-0.15, -0.1) is 0 Å². The number of para-hydroxylation sites is 1. The largest absolute Gasteiger partial charge is 0.484 e. The lowest BCUT2D eigenvalue weighted by molar-refractivity contribution is -0.138. The molecule has 2 aliphatic rings. The molecule has 4 aromatic carbocycles. The Morgan fingerprint density at radius 3 is 2.07 bits per heavy atom. The first kappa shape index (κ1) is 39.2. The smallest absolute Gasteiger partial charge is 0.263 e. The summed E-state index contributed by atoms with van der Waals surface area (Å²) in [4.78, 5) is 70.2. The number of nitrogens with zero attached hydrogens (tertiary/aromatic N) is 2. The molecule has 1 saturated carbocycles. The predicted molar refractivity (Wildman–Crippen MR) is 211 cm³/mol. The van der Waals surface area contributed by atoms with Gasteiger partial charge in [0.2, 0.25) is 11.8 Å². The summed E-state index contributed by atoms with van der Waals surface area (Å²) >= 11 is 6.18. The highest BCUT2D eigenvalue weighted by Gasteiger charge is 2.50. The van der Waals surface area contributed by atoms with Crippen LogP contribution in [-0.4, -0.2) is 59.5 Å². The number of halogens is 1. The second kappa shape index (κ2) is 17.8. The van der Waals surface area contributed by atoms with Crippen LogP contribution in [0.25, 0.3) is 0 Å². The van der Waals surface area contributed by atoms with Crippen LogP contribution in [0.4, 0.5) is 5.69 Å². The zero-order valence-electron chi connectivity index (χ0n) is 31.2. The van der Waals surface area contributed by atoms with E-state index in [1.165, 1.54) is 13.8 Å². The molecule has 3 atom stereocenters. The number of rotatable bonds is 15. The van der Waals surface area contributed by atoms with Gasteiger partial charge in [-0.1, -0.05) is 97.2 Å². The van der Waals surface area contributed by atoms with Gasteiger partial charge in [-0.25, -0.2) is 0 Å². The molecular weight excluding hydrogens is 716 g/mol. The number of ketones is 1. The third-order valence-corrected chi connectivity index (χ3v) is 10.9. The number of carbonyl (C=O) groups excluding carboxylic acids is 5. The van der Waals surface area contributed by atoms with Gasteiger partial charge in [-0.05, 0) is 85.7 Å². The van der Waals surface area contributed by atoms with Crippen molar-refractivity contribution >= 4 is 46.7 Å². The monoisotopic (exact) mass is 762 g/mol. The van der Waals surface area contributed by atoms with E-state index < -0.39 is 23.7 Å². The van der Waals surface area contributed by atoms with E-state index in [9.17, 15) is 24.0 Å². The molecule has 0 aromatic heterocycles. The first-order valence-corrected chi connectivity index (χ1v) is 19.2. The van der Waals surface area contributed by atoms with Gasteiger partial charge in [0.05, 0.1) is 11.5 Å². The Morgan fingerprint density at radius 1 is 0.836 bits per heavy atom. The maximum atomic E-state index is 14.6. The molecule has 2 fully saturated rings. The molecule has 10 nitrogen and oxygen atoms in total. The summed E-state index contributed by atoms with van der Waals surface area (Å²) in [5.41, 5.74) is 2.35. The van der Waals surface area contributed by atoms with E-state index in [0.29, 0.717) is 42.3 Å². The van der Waals surface area contributed by atoms with Crippen molar-refractivity contribution in [1.82, 2.24) is 15.5 Å². The molecule has 4 aromatic rings. The molecule has 0 bridgehead atoms. The normalized spacial score (nSPS) is 18.1. The fraction of sp³-hybridized carbons (Fsp3) is 0.341. The SMILES string of the molecule is CC(=O)NCCC1(C(=O)NC(Cc2ccc(N3C(=O)C(Cc4ccc(Cl)cc4)N(C(=O)COc4ccccc4)C3c3ccccc3)cc2)C(C)=O)CCCC1. The molecule has 0 spiro atoms. The first-order valence-electron chi connectivity index (χ1n) is 18.8. The van der Waals surface area contributed by atoms with Crippen LogP contribution in [0.3, 0.4) is 0 Å².